The van der Waals surface area contributed by atoms with Gasteiger partial charge in [-0.25, -0.2) is 4.68 Å². The van der Waals surface area contributed by atoms with Gasteiger partial charge < -0.3 is 11.1 Å². The number of rotatable bonds is 6. The van der Waals surface area contributed by atoms with Crippen molar-refractivity contribution in [2.75, 3.05) is 5.32 Å². The molecule has 3 N–H and O–H groups in total. The van der Waals surface area contributed by atoms with Crippen molar-refractivity contribution in [1.82, 2.24) is 20.2 Å². The van der Waals surface area contributed by atoms with Gasteiger partial charge in [-0.1, -0.05) is 0 Å². The molecule has 0 spiro atoms. The van der Waals surface area contributed by atoms with Gasteiger partial charge in [-0.2, -0.15) is 0 Å². The zero-order chi connectivity index (χ0) is 22.1. The number of aryl methyl sites for hydroxylation is 2. The second-order valence-electron chi connectivity index (χ2n) is 6.86. The Morgan fingerprint density at radius 3 is 2.77 bits per heavy atom. The average molecular weight is 460 g/mol. The van der Waals surface area contributed by atoms with Crippen LogP contribution in [-0.2, 0) is 19.9 Å². The van der Waals surface area contributed by atoms with Crippen molar-refractivity contribution in [3.05, 3.63) is 49.9 Å². The molecule has 160 valence electrons. The number of benzene rings is 1. The molecule has 13 heteroatoms. The smallest absolute Gasteiger partial charge is 0.270 e. The summed E-state index contributed by atoms with van der Waals surface area (Å²) in [4.78, 5) is 37.4. The number of nitrogens with one attached hydrogen (secondary N) is 1. The fourth-order valence-corrected chi connectivity index (χ4v) is 5.52. The summed E-state index contributed by atoms with van der Waals surface area (Å²) in [5.41, 5.74) is 6.65. The van der Waals surface area contributed by atoms with Crippen molar-refractivity contribution in [2.45, 2.75) is 35.7 Å². The molecule has 1 aromatic carbocycles. The summed E-state index contributed by atoms with van der Waals surface area (Å²) in [5, 5.41) is 26.0. The van der Waals surface area contributed by atoms with Gasteiger partial charge in [0, 0.05) is 29.0 Å². The van der Waals surface area contributed by atoms with E-state index in [1.807, 2.05) is 0 Å². The summed E-state index contributed by atoms with van der Waals surface area (Å²) in [6, 6.07) is 3.97. The first-order valence-corrected chi connectivity index (χ1v) is 10.9. The van der Waals surface area contributed by atoms with E-state index in [4.69, 9.17) is 5.73 Å². The van der Waals surface area contributed by atoms with Gasteiger partial charge >= 0.3 is 0 Å². The van der Waals surface area contributed by atoms with Crippen molar-refractivity contribution in [1.29, 1.82) is 0 Å². The lowest BCUT2D eigenvalue weighted by atomic mass is 9.95. The number of primary amides is 1. The molecule has 2 aromatic heterocycles. The second kappa shape index (κ2) is 8.43. The summed E-state index contributed by atoms with van der Waals surface area (Å²) in [6.45, 7) is 0. The zero-order valence-electron chi connectivity index (χ0n) is 16.3. The fraction of sp³-hybridized carbons (Fsp3) is 0.278. The predicted octanol–water partition coefficient (Wildman–Crippen LogP) is 2.56. The summed E-state index contributed by atoms with van der Waals surface area (Å²) in [5.74, 6) is -1.18. The van der Waals surface area contributed by atoms with E-state index in [1.165, 1.54) is 34.2 Å². The number of aromatic nitrogens is 4. The Hall–Kier alpha value is -3.32. The van der Waals surface area contributed by atoms with Gasteiger partial charge in [0.05, 0.1) is 16.1 Å². The van der Waals surface area contributed by atoms with Crippen LogP contribution in [0.2, 0.25) is 0 Å². The number of nitro groups is 1. The molecule has 0 aliphatic heterocycles. The molecule has 31 heavy (non-hydrogen) atoms. The molecular formula is C18H17N7O4S2. The summed E-state index contributed by atoms with van der Waals surface area (Å²) < 4.78 is 1.42. The van der Waals surface area contributed by atoms with Crippen molar-refractivity contribution in [3.63, 3.8) is 0 Å². The van der Waals surface area contributed by atoms with Crippen molar-refractivity contribution >= 4 is 45.6 Å². The number of nitro benzene ring substituents is 1. The quantitative estimate of drug-likeness (QED) is 0.420. The number of carbonyl (C=O) groups excluding carboxylic acids is 2. The van der Waals surface area contributed by atoms with Crippen molar-refractivity contribution in [3.8, 4) is 0 Å². The first kappa shape index (κ1) is 20.9. The Kier molecular flexibility index (Phi) is 5.69. The van der Waals surface area contributed by atoms with Gasteiger partial charge in [0.25, 0.3) is 17.5 Å². The molecule has 0 saturated carbocycles. The molecule has 0 bridgehead atoms. The highest BCUT2D eigenvalue weighted by molar-refractivity contribution is 7.99. The number of fused-ring (bicyclic) bond motifs is 1. The third kappa shape index (κ3) is 4.14. The molecule has 0 fully saturated rings. The Morgan fingerprint density at radius 1 is 1.32 bits per heavy atom. The maximum absolute atomic E-state index is 13.2. The minimum Gasteiger partial charge on any atom is -0.365 e. The molecule has 0 atom stereocenters. The van der Waals surface area contributed by atoms with E-state index in [2.05, 4.69) is 20.8 Å². The number of hydrogen-bond donors (Lipinski definition) is 2. The minimum atomic E-state index is -0.603. The zero-order valence-corrected chi connectivity index (χ0v) is 18.0. The summed E-state index contributed by atoms with van der Waals surface area (Å²) in [7, 11) is 1.64. The lowest BCUT2D eigenvalue weighted by molar-refractivity contribution is -0.384. The highest BCUT2D eigenvalue weighted by atomic mass is 32.2. The van der Waals surface area contributed by atoms with Gasteiger partial charge in [0.1, 0.15) is 5.00 Å². The van der Waals surface area contributed by atoms with Crippen LogP contribution in [0.15, 0.2) is 28.3 Å². The van der Waals surface area contributed by atoms with E-state index >= 15 is 0 Å². The molecule has 0 radical (unpaired) electrons. The third-order valence-corrected chi connectivity index (χ3v) is 7.16. The highest BCUT2D eigenvalue weighted by Gasteiger charge is 2.26. The molecule has 2 heterocycles. The van der Waals surface area contributed by atoms with Crippen LogP contribution in [0.5, 0.6) is 0 Å². The van der Waals surface area contributed by atoms with Gasteiger partial charge in [-0.15, -0.1) is 16.4 Å². The lowest BCUT2D eigenvalue weighted by Crippen LogP contribution is -2.19. The first-order chi connectivity index (χ1) is 14.8. The third-order valence-electron chi connectivity index (χ3n) is 4.85. The number of amides is 2. The highest BCUT2D eigenvalue weighted by Crippen LogP contribution is 2.39. The Labute approximate surface area is 184 Å². The molecule has 11 nitrogen and oxygen atoms in total. The van der Waals surface area contributed by atoms with Crippen LogP contribution in [0.1, 0.15) is 44.0 Å². The standard InChI is InChI=1S/C18H17N7O4S2/c1-24-18(21-22-23-24)31-13-7-6-9(25(28)29)8-11(13)16(27)20-17-14(15(19)26)10-4-2-3-5-12(10)30-17/h6-8H,2-5H2,1H3,(H2,19,26)(H,20,27). The predicted molar refractivity (Wildman–Crippen MR) is 113 cm³/mol. The maximum Gasteiger partial charge on any atom is 0.270 e. The molecule has 0 unspecified atom stereocenters. The van der Waals surface area contributed by atoms with Gasteiger partial charge in [-0.05, 0) is 59.5 Å². The average Bonchev–Trinajstić information content (AvgIpc) is 3.30. The van der Waals surface area contributed by atoms with Crippen LogP contribution < -0.4 is 11.1 Å². The largest absolute Gasteiger partial charge is 0.365 e. The Morgan fingerprint density at radius 2 is 2.10 bits per heavy atom. The van der Waals surface area contributed by atoms with Crippen LogP contribution in [0.25, 0.3) is 0 Å². The number of hydrogen-bond acceptors (Lipinski definition) is 9. The van der Waals surface area contributed by atoms with E-state index < -0.39 is 16.7 Å². The van der Waals surface area contributed by atoms with Crippen LogP contribution >= 0.6 is 23.1 Å². The topological polar surface area (TPSA) is 159 Å². The van der Waals surface area contributed by atoms with Gasteiger partial charge in [0.2, 0.25) is 5.16 Å². The lowest BCUT2D eigenvalue weighted by Gasteiger charge is -2.11. The van der Waals surface area contributed by atoms with E-state index in [9.17, 15) is 19.7 Å². The van der Waals surface area contributed by atoms with Gasteiger partial charge in [0.15, 0.2) is 0 Å². The number of nitrogens with zero attached hydrogens (tertiary/aromatic N) is 5. The molecule has 0 saturated heterocycles. The maximum atomic E-state index is 13.2. The molecule has 4 rings (SSSR count). The summed E-state index contributed by atoms with van der Waals surface area (Å²) in [6.07, 6.45) is 3.52. The first-order valence-electron chi connectivity index (χ1n) is 9.29. The SMILES string of the molecule is Cn1nnnc1Sc1ccc([N+](=O)[O-])cc1C(=O)Nc1sc2c(c1C(N)=O)CCCC2. The van der Waals surface area contributed by atoms with Crippen LogP contribution in [0, 0.1) is 10.1 Å². The molecule has 3 aromatic rings. The molecule has 1 aliphatic carbocycles. The number of non-ortho nitro benzene ring substituents is 1. The van der Waals surface area contributed by atoms with Crippen LogP contribution in [0.3, 0.4) is 0 Å². The summed E-state index contributed by atoms with van der Waals surface area (Å²) >= 11 is 2.43. The van der Waals surface area contributed by atoms with E-state index in [1.54, 1.807) is 7.05 Å². The Balaban J connectivity index is 1.72. The second-order valence-corrected chi connectivity index (χ2v) is 8.97. The van der Waals surface area contributed by atoms with E-state index in [0.717, 1.165) is 47.9 Å². The van der Waals surface area contributed by atoms with Gasteiger partial charge in [-0.3, -0.25) is 19.7 Å². The van der Waals surface area contributed by atoms with Crippen LogP contribution in [0.4, 0.5) is 10.7 Å². The number of tetrazole rings is 1. The van der Waals surface area contributed by atoms with Crippen molar-refractivity contribution in [2.24, 2.45) is 12.8 Å². The number of nitrogens with two attached hydrogens (primary N) is 1. The molecular weight excluding hydrogens is 442 g/mol. The monoisotopic (exact) mass is 459 g/mol. The number of carbonyl (C=O) groups is 2. The van der Waals surface area contributed by atoms with E-state index in [0.29, 0.717) is 20.6 Å². The van der Waals surface area contributed by atoms with Crippen molar-refractivity contribution < 1.29 is 14.5 Å². The minimum absolute atomic E-state index is 0.0731. The fourth-order valence-electron chi connectivity index (χ4n) is 3.39. The molecule has 2 amide bonds. The number of thiophene rings is 1. The molecule has 1 aliphatic rings. The Bertz CT molecular complexity index is 1200. The van der Waals surface area contributed by atoms with Crippen LogP contribution in [-0.4, -0.2) is 36.9 Å². The van der Waals surface area contributed by atoms with E-state index in [-0.39, 0.29) is 11.3 Å². The number of anilines is 1. The normalized spacial score (nSPS) is 12.9.